The van der Waals surface area contributed by atoms with E-state index in [0.29, 0.717) is 28.6 Å². The SMILES string of the molecule is COc1ccc(N2C(=O)CCC(C(=O)Oc3ccccc3Cl)C2c2ccccc2OC)cc1. The number of piperidine rings is 1. The Morgan fingerprint density at radius 3 is 2.24 bits per heavy atom. The maximum atomic E-state index is 13.4. The molecule has 0 spiro atoms. The minimum atomic E-state index is -0.627. The van der Waals surface area contributed by atoms with Crippen molar-refractivity contribution in [3.8, 4) is 17.2 Å². The number of anilines is 1. The fraction of sp³-hybridized carbons (Fsp3) is 0.231. The van der Waals surface area contributed by atoms with Crippen molar-refractivity contribution < 1.29 is 23.8 Å². The zero-order chi connectivity index (χ0) is 23.4. The van der Waals surface area contributed by atoms with Crippen molar-refractivity contribution >= 4 is 29.2 Å². The molecule has 0 aliphatic carbocycles. The van der Waals surface area contributed by atoms with E-state index >= 15 is 0 Å². The number of benzene rings is 3. The lowest BCUT2D eigenvalue weighted by atomic mass is 9.83. The summed E-state index contributed by atoms with van der Waals surface area (Å²) in [7, 11) is 3.15. The van der Waals surface area contributed by atoms with Gasteiger partial charge < -0.3 is 19.1 Å². The number of para-hydroxylation sites is 2. The van der Waals surface area contributed by atoms with Gasteiger partial charge in [0, 0.05) is 17.7 Å². The van der Waals surface area contributed by atoms with Crippen LogP contribution in [-0.4, -0.2) is 26.1 Å². The smallest absolute Gasteiger partial charge is 0.316 e. The number of esters is 1. The van der Waals surface area contributed by atoms with Crippen molar-refractivity contribution in [3.63, 3.8) is 0 Å². The number of carbonyl (C=O) groups excluding carboxylic acids is 2. The molecule has 0 radical (unpaired) electrons. The van der Waals surface area contributed by atoms with E-state index in [0.717, 1.165) is 5.56 Å². The monoisotopic (exact) mass is 465 g/mol. The Labute approximate surface area is 197 Å². The van der Waals surface area contributed by atoms with E-state index in [-0.39, 0.29) is 18.1 Å². The van der Waals surface area contributed by atoms with Crippen molar-refractivity contribution in [2.24, 2.45) is 5.92 Å². The lowest BCUT2D eigenvalue weighted by molar-refractivity contribution is -0.141. The summed E-state index contributed by atoms with van der Waals surface area (Å²) in [6, 6.07) is 20.8. The minimum absolute atomic E-state index is 0.0853. The molecule has 1 saturated heterocycles. The molecule has 0 N–H and O–H groups in total. The van der Waals surface area contributed by atoms with Crippen LogP contribution in [0.3, 0.4) is 0 Å². The maximum Gasteiger partial charge on any atom is 0.316 e. The molecule has 1 aliphatic rings. The molecular formula is C26H24ClNO5. The predicted molar refractivity (Wildman–Crippen MR) is 126 cm³/mol. The molecule has 6 nitrogen and oxygen atoms in total. The zero-order valence-corrected chi connectivity index (χ0v) is 19.1. The molecule has 1 aliphatic heterocycles. The molecule has 3 aromatic rings. The molecule has 170 valence electrons. The Bertz CT molecular complexity index is 1150. The van der Waals surface area contributed by atoms with E-state index in [1.54, 1.807) is 67.7 Å². The number of rotatable bonds is 6. The van der Waals surface area contributed by atoms with Gasteiger partial charge in [-0.05, 0) is 48.9 Å². The summed E-state index contributed by atoms with van der Waals surface area (Å²) >= 11 is 6.21. The van der Waals surface area contributed by atoms with Gasteiger partial charge in [0.15, 0.2) is 0 Å². The van der Waals surface area contributed by atoms with Gasteiger partial charge in [0.2, 0.25) is 5.91 Å². The summed E-state index contributed by atoms with van der Waals surface area (Å²) < 4.78 is 16.5. The summed E-state index contributed by atoms with van der Waals surface area (Å²) in [5, 5.41) is 0.346. The summed E-state index contributed by atoms with van der Waals surface area (Å²) in [5.74, 6) is 0.383. The number of hydrogen-bond donors (Lipinski definition) is 0. The third-order valence-electron chi connectivity index (χ3n) is 5.76. The van der Waals surface area contributed by atoms with E-state index in [1.807, 2.05) is 24.3 Å². The predicted octanol–water partition coefficient (Wildman–Crippen LogP) is 5.45. The average molecular weight is 466 g/mol. The summed E-state index contributed by atoms with van der Waals surface area (Å²) in [5.41, 5.74) is 1.39. The Hall–Kier alpha value is -3.51. The first-order valence-corrected chi connectivity index (χ1v) is 11.0. The fourth-order valence-corrected chi connectivity index (χ4v) is 4.34. The number of ether oxygens (including phenoxy) is 3. The van der Waals surface area contributed by atoms with Crippen LogP contribution in [0.5, 0.6) is 17.2 Å². The number of nitrogens with zero attached hydrogens (tertiary/aromatic N) is 1. The van der Waals surface area contributed by atoms with Gasteiger partial charge in [-0.1, -0.05) is 41.9 Å². The van der Waals surface area contributed by atoms with Crippen molar-refractivity contribution in [2.45, 2.75) is 18.9 Å². The first-order chi connectivity index (χ1) is 16.0. The Balaban J connectivity index is 1.78. The second-order valence-corrected chi connectivity index (χ2v) is 8.05. The van der Waals surface area contributed by atoms with Crippen molar-refractivity contribution in [2.75, 3.05) is 19.1 Å². The van der Waals surface area contributed by atoms with Gasteiger partial charge in [0.25, 0.3) is 0 Å². The van der Waals surface area contributed by atoms with Crippen molar-refractivity contribution in [1.29, 1.82) is 0 Å². The highest BCUT2D eigenvalue weighted by Gasteiger charge is 2.43. The molecule has 0 aromatic heterocycles. The maximum absolute atomic E-state index is 13.4. The quantitative estimate of drug-likeness (QED) is 0.358. The summed E-state index contributed by atoms with van der Waals surface area (Å²) in [4.78, 5) is 28.3. The standard InChI is InChI=1S/C26H24ClNO5/c1-31-18-13-11-17(12-14-18)28-24(29)16-15-20(25(28)19-7-3-5-9-22(19)32-2)26(30)33-23-10-6-4-8-21(23)27/h3-14,20,25H,15-16H2,1-2H3. The Morgan fingerprint density at radius 2 is 1.58 bits per heavy atom. The molecule has 0 bridgehead atoms. The lowest BCUT2D eigenvalue weighted by Gasteiger charge is -2.40. The topological polar surface area (TPSA) is 65.1 Å². The largest absolute Gasteiger partial charge is 0.497 e. The molecule has 1 amide bonds. The Morgan fingerprint density at radius 1 is 0.909 bits per heavy atom. The highest BCUT2D eigenvalue weighted by molar-refractivity contribution is 6.32. The molecule has 1 heterocycles. The van der Waals surface area contributed by atoms with Gasteiger partial charge in [-0.3, -0.25) is 9.59 Å². The molecule has 2 unspecified atom stereocenters. The van der Waals surface area contributed by atoms with Crippen molar-refractivity contribution in [1.82, 2.24) is 0 Å². The van der Waals surface area contributed by atoms with Gasteiger partial charge >= 0.3 is 5.97 Å². The molecule has 3 aromatic carbocycles. The highest BCUT2D eigenvalue weighted by Crippen LogP contribution is 2.44. The third kappa shape index (κ3) is 4.66. The zero-order valence-electron chi connectivity index (χ0n) is 18.4. The van der Waals surface area contributed by atoms with Gasteiger partial charge in [-0.25, -0.2) is 0 Å². The van der Waals surface area contributed by atoms with Gasteiger partial charge in [-0.2, -0.15) is 0 Å². The van der Waals surface area contributed by atoms with Gasteiger partial charge in [0.05, 0.1) is 31.2 Å². The Kier molecular flexibility index (Phi) is 6.84. The lowest BCUT2D eigenvalue weighted by Crippen LogP contribution is -2.46. The van der Waals surface area contributed by atoms with E-state index in [2.05, 4.69) is 0 Å². The highest BCUT2D eigenvalue weighted by atomic mass is 35.5. The molecule has 4 rings (SSSR count). The molecule has 0 saturated carbocycles. The van der Waals surface area contributed by atoms with E-state index in [4.69, 9.17) is 25.8 Å². The van der Waals surface area contributed by atoms with E-state index in [1.165, 1.54) is 0 Å². The second kappa shape index (κ2) is 9.96. The first-order valence-electron chi connectivity index (χ1n) is 10.6. The van der Waals surface area contributed by atoms with Crippen LogP contribution in [0.25, 0.3) is 0 Å². The van der Waals surface area contributed by atoms with E-state index < -0.39 is 17.9 Å². The number of amides is 1. The minimum Gasteiger partial charge on any atom is -0.497 e. The number of carbonyl (C=O) groups is 2. The van der Waals surface area contributed by atoms with E-state index in [9.17, 15) is 9.59 Å². The fourth-order valence-electron chi connectivity index (χ4n) is 4.16. The first kappa shape index (κ1) is 22.7. The van der Waals surface area contributed by atoms with Gasteiger partial charge in [-0.15, -0.1) is 0 Å². The summed E-state index contributed by atoms with van der Waals surface area (Å²) in [6.45, 7) is 0. The molecule has 1 fully saturated rings. The van der Waals surface area contributed by atoms with Crippen LogP contribution >= 0.6 is 11.6 Å². The molecule has 7 heteroatoms. The van der Waals surface area contributed by atoms with Crippen molar-refractivity contribution in [3.05, 3.63) is 83.4 Å². The molecular weight excluding hydrogens is 442 g/mol. The molecule has 33 heavy (non-hydrogen) atoms. The second-order valence-electron chi connectivity index (χ2n) is 7.65. The average Bonchev–Trinajstić information content (AvgIpc) is 2.85. The third-order valence-corrected chi connectivity index (χ3v) is 6.07. The van der Waals surface area contributed by atoms with Crippen LogP contribution in [0, 0.1) is 5.92 Å². The van der Waals surface area contributed by atoms with Crippen LogP contribution < -0.4 is 19.1 Å². The number of hydrogen-bond acceptors (Lipinski definition) is 5. The van der Waals surface area contributed by atoms with Crippen LogP contribution in [0.15, 0.2) is 72.8 Å². The normalized spacial score (nSPS) is 18.0. The van der Waals surface area contributed by atoms with Crippen LogP contribution in [-0.2, 0) is 9.59 Å². The molecule has 2 atom stereocenters. The summed E-state index contributed by atoms with van der Waals surface area (Å²) in [6.07, 6.45) is 0.553. The van der Waals surface area contributed by atoms with Crippen LogP contribution in [0.2, 0.25) is 5.02 Å². The van der Waals surface area contributed by atoms with Crippen LogP contribution in [0.1, 0.15) is 24.4 Å². The number of methoxy groups -OCH3 is 2. The number of halogens is 1. The van der Waals surface area contributed by atoms with Gasteiger partial charge in [0.1, 0.15) is 17.2 Å². The van der Waals surface area contributed by atoms with Crippen LogP contribution in [0.4, 0.5) is 5.69 Å².